The maximum absolute atomic E-state index is 16.6. The molecule has 45 heavy (non-hydrogen) atoms. The van der Waals surface area contributed by atoms with Gasteiger partial charge in [0.15, 0.2) is 5.82 Å². The molecule has 15 heteroatoms. The van der Waals surface area contributed by atoms with Crippen LogP contribution in [0.1, 0.15) is 43.6 Å². The van der Waals surface area contributed by atoms with Crippen LogP contribution in [0.2, 0.25) is 0 Å². The molecule has 0 aliphatic carbocycles. The average molecular weight is 636 g/mol. The molecule has 0 radical (unpaired) electrons. The number of aromatic amines is 1. The van der Waals surface area contributed by atoms with E-state index >= 15 is 8.78 Å². The zero-order valence-electron chi connectivity index (χ0n) is 25.4. The van der Waals surface area contributed by atoms with Crippen LogP contribution in [0.15, 0.2) is 35.4 Å². The molecule has 2 aliphatic rings. The van der Waals surface area contributed by atoms with Crippen molar-refractivity contribution in [3.05, 3.63) is 63.7 Å². The van der Waals surface area contributed by atoms with Crippen LogP contribution < -0.4 is 20.7 Å². The monoisotopic (exact) mass is 635 g/mol. The lowest BCUT2D eigenvalue weighted by molar-refractivity contribution is -0.138. The van der Waals surface area contributed by atoms with E-state index in [1.165, 1.54) is 12.3 Å². The zero-order valence-corrected chi connectivity index (χ0v) is 25.4. The molecule has 1 aromatic carbocycles. The van der Waals surface area contributed by atoms with Gasteiger partial charge in [0.05, 0.1) is 40.3 Å². The lowest BCUT2D eigenvalue weighted by Crippen LogP contribution is -2.55. The van der Waals surface area contributed by atoms with Gasteiger partial charge in [-0.25, -0.2) is 18.7 Å². The second-order valence-electron chi connectivity index (χ2n) is 11.7. The van der Waals surface area contributed by atoms with Crippen LogP contribution in [0.4, 0.5) is 39.3 Å². The van der Waals surface area contributed by atoms with Crippen molar-refractivity contribution in [2.75, 3.05) is 48.3 Å². The highest BCUT2D eigenvalue weighted by Crippen LogP contribution is 2.40. The third-order valence-electron chi connectivity index (χ3n) is 8.21. The SMILES string of the molecule is C[C@@H]1CN(c2nccc(-c3c(F)cc(N4C[C@@H](C)N(C)[C@@H](C)C4)c(NC(=O)c4c[nH]c(=O)cc4C(F)(F)F)c3F)n2)C[C@H](C)O1. The van der Waals surface area contributed by atoms with Crippen LogP contribution in [-0.4, -0.2) is 83.3 Å². The number of amides is 1. The van der Waals surface area contributed by atoms with E-state index in [1.807, 2.05) is 39.6 Å². The van der Waals surface area contributed by atoms with Crippen LogP contribution in [0.5, 0.6) is 0 Å². The zero-order chi connectivity index (χ0) is 32.8. The molecule has 2 fully saturated rings. The molecular formula is C30H34F5N7O3. The molecule has 2 saturated heterocycles. The Bertz CT molecular complexity index is 1630. The fourth-order valence-electron chi connectivity index (χ4n) is 5.87. The number of piperazine rings is 1. The van der Waals surface area contributed by atoms with Crippen molar-refractivity contribution < 1.29 is 31.5 Å². The number of H-pyrrole nitrogens is 1. The number of carbonyl (C=O) groups is 1. The summed E-state index contributed by atoms with van der Waals surface area (Å²) < 4.78 is 79.7. The van der Waals surface area contributed by atoms with Gasteiger partial charge in [0, 0.05) is 62.8 Å². The Balaban J connectivity index is 1.62. The van der Waals surface area contributed by atoms with E-state index < -0.39 is 51.7 Å². The first kappa shape index (κ1) is 32.3. The van der Waals surface area contributed by atoms with Crippen molar-refractivity contribution >= 4 is 23.2 Å². The number of anilines is 3. The molecule has 0 unspecified atom stereocenters. The topological polar surface area (TPSA) is 107 Å². The second-order valence-corrected chi connectivity index (χ2v) is 11.7. The smallest absolute Gasteiger partial charge is 0.372 e. The van der Waals surface area contributed by atoms with Crippen LogP contribution >= 0.6 is 0 Å². The molecule has 1 amide bonds. The van der Waals surface area contributed by atoms with Crippen molar-refractivity contribution in [3.63, 3.8) is 0 Å². The van der Waals surface area contributed by atoms with Crippen molar-refractivity contribution in [2.45, 2.75) is 58.2 Å². The molecular weight excluding hydrogens is 601 g/mol. The molecule has 10 nitrogen and oxygen atoms in total. The molecule has 5 rings (SSSR count). The van der Waals surface area contributed by atoms with Gasteiger partial charge in [0.1, 0.15) is 11.5 Å². The van der Waals surface area contributed by atoms with Gasteiger partial charge >= 0.3 is 6.18 Å². The molecule has 0 bridgehead atoms. The Morgan fingerprint density at radius 3 is 2.29 bits per heavy atom. The van der Waals surface area contributed by atoms with E-state index in [1.54, 1.807) is 4.90 Å². The number of pyridine rings is 1. The van der Waals surface area contributed by atoms with Crippen LogP contribution in [-0.2, 0) is 10.9 Å². The largest absolute Gasteiger partial charge is 0.417 e. The van der Waals surface area contributed by atoms with Gasteiger partial charge in [-0.05, 0) is 40.8 Å². The van der Waals surface area contributed by atoms with E-state index in [0.29, 0.717) is 32.4 Å². The van der Waals surface area contributed by atoms with E-state index in [9.17, 15) is 22.8 Å². The number of nitrogens with zero attached hydrogens (tertiary/aromatic N) is 5. The molecule has 0 saturated carbocycles. The Hall–Kier alpha value is -4.11. The molecule has 3 aromatic rings. The number of benzene rings is 1. The van der Waals surface area contributed by atoms with Gasteiger partial charge in [-0.3, -0.25) is 14.5 Å². The van der Waals surface area contributed by atoms with Gasteiger partial charge in [0.25, 0.3) is 5.91 Å². The summed E-state index contributed by atoms with van der Waals surface area (Å²) in [7, 11) is 1.91. The number of morpholine rings is 1. The van der Waals surface area contributed by atoms with Gasteiger partial charge < -0.3 is 24.8 Å². The third kappa shape index (κ3) is 6.64. The first-order valence-corrected chi connectivity index (χ1v) is 14.5. The summed E-state index contributed by atoms with van der Waals surface area (Å²) in [6.07, 6.45) is -3.36. The standard InChI is InChI=1S/C30H34F5N7O3/c1-15-11-41(12-16(2)40(15)5)23-9-21(31)25(22-6-7-36-29(38-22)42-13-17(3)45-18(4)14-42)26(32)27(23)39-28(44)19-10-37-24(43)8-20(19)30(33,34)35/h6-10,15-18H,11-14H2,1-5H3,(H,37,43)(H,39,44)/t15-,16+,17-,18+. The molecule has 242 valence electrons. The highest BCUT2D eigenvalue weighted by Gasteiger charge is 2.37. The molecule has 4 heterocycles. The van der Waals surface area contributed by atoms with E-state index in [-0.39, 0.29) is 47.7 Å². The van der Waals surface area contributed by atoms with E-state index in [0.717, 1.165) is 6.07 Å². The number of rotatable bonds is 5. The Kier molecular flexibility index (Phi) is 8.86. The minimum atomic E-state index is -5.05. The van der Waals surface area contributed by atoms with Gasteiger partial charge in [0.2, 0.25) is 11.5 Å². The minimum Gasteiger partial charge on any atom is -0.372 e. The first-order valence-electron chi connectivity index (χ1n) is 14.5. The summed E-state index contributed by atoms with van der Waals surface area (Å²) in [4.78, 5) is 41.4. The first-order chi connectivity index (χ1) is 21.1. The number of alkyl halides is 3. The molecule has 4 atom stereocenters. The Morgan fingerprint density at radius 2 is 1.67 bits per heavy atom. The number of hydrogen-bond acceptors (Lipinski definition) is 8. The number of aromatic nitrogens is 3. The van der Waals surface area contributed by atoms with E-state index in [4.69, 9.17) is 4.74 Å². The number of hydrogen-bond donors (Lipinski definition) is 2. The molecule has 2 aliphatic heterocycles. The third-order valence-corrected chi connectivity index (χ3v) is 8.21. The predicted molar refractivity (Wildman–Crippen MR) is 159 cm³/mol. The van der Waals surface area contributed by atoms with Gasteiger partial charge in [-0.2, -0.15) is 13.2 Å². The Morgan fingerprint density at radius 1 is 1.02 bits per heavy atom. The highest BCUT2D eigenvalue weighted by molar-refractivity contribution is 6.07. The van der Waals surface area contributed by atoms with Crippen molar-refractivity contribution in [2.24, 2.45) is 0 Å². The van der Waals surface area contributed by atoms with Crippen molar-refractivity contribution in [1.29, 1.82) is 0 Å². The summed E-state index contributed by atoms with van der Waals surface area (Å²) in [6, 6.07) is 2.51. The number of ether oxygens (including phenoxy) is 1. The lowest BCUT2D eigenvalue weighted by Gasteiger charge is -2.44. The fourth-order valence-corrected chi connectivity index (χ4v) is 5.87. The van der Waals surface area contributed by atoms with Crippen molar-refractivity contribution in [3.8, 4) is 11.3 Å². The van der Waals surface area contributed by atoms with Gasteiger partial charge in [-0.15, -0.1) is 0 Å². The minimum absolute atomic E-state index is 0.0445. The second kappa shape index (κ2) is 12.4. The fraction of sp³-hybridized carbons (Fsp3) is 0.467. The number of likely N-dealkylation sites (N-methyl/N-ethyl adjacent to an activating group) is 1. The maximum atomic E-state index is 16.6. The van der Waals surface area contributed by atoms with Crippen LogP contribution in [0, 0.1) is 11.6 Å². The summed E-state index contributed by atoms with van der Waals surface area (Å²) in [5.74, 6) is -3.32. The number of carbonyl (C=O) groups excluding carboxylic acids is 1. The summed E-state index contributed by atoms with van der Waals surface area (Å²) in [5, 5.41) is 2.26. The van der Waals surface area contributed by atoms with Gasteiger partial charge in [-0.1, -0.05) is 0 Å². The Labute approximate surface area is 256 Å². The van der Waals surface area contributed by atoms with Crippen LogP contribution in [0.3, 0.4) is 0 Å². The molecule has 0 spiro atoms. The molecule has 2 aromatic heterocycles. The predicted octanol–water partition coefficient (Wildman–Crippen LogP) is 4.52. The summed E-state index contributed by atoms with van der Waals surface area (Å²) in [5.41, 5.74) is -4.77. The number of halogens is 5. The highest BCUT2D eigenvalue weighted by atomic mass is 19.4. The normalized spacial score (nSPS) is 22.9. The van der Waals surface area contributed by atoms with Crippen molar-refractivity contribution in [1.82, 2.24) is 19.9 Å². The lowest BCUT2D eigenvalue weighted by atomic mass is 10.0. The van der Waals surface area contributed by atoms with Crippen LogP contribution in [0.25, 0.3) is 11.3 Å². The van der Waals surface area contributed by atoms with E-state index in [2.05, 4.69) is 25.2 Å². The molecule has 2 N–H and O–H groups in total. The average Bonchev–Trinajstić information content (AvgIpc) is 2.96. The summed E-state index contributed by atoms with van der Waals surface area (Å²) in [6.45, 7) is 9.14. The maximum Gasteiger partial charge on any atom is 0.417 e. The summed E-state index contributed by atoms with van der Waals surface area (Å²) >= 11 is 0. The number of nitrogens with one attached hydrogen (secondary N) is 2. The quantitative estimate of drug-likeness (QED) is 0.395.